The Kier molecular flexibility index (Phi) is 3.88. The molecule has 1 fully saturated rings. The van der Waals surface area contributed by atoms with Gasteiger partial charge in [-0.05, 0) is 29.7 Å². The summed E-state index contributed by atoms with van der Waals surface area (Å²) in [4.78, 5) is 0. The molecular weight excluding hydrogens is 257 g/mol. The third-order valence-electron chi connectivity index (χ3n) is 2.92. The van der Waals surface area contributed by atoms with Crippen molar-refractivity contribution < 1.29 is 4.39 Å². The van der Waals surface area contributed by atoms with Crippen molar-refractivity contribution in [2.45, 2.75) is 26.3 Å². The molecule has 0 radical (unpaired) electrons. The Morgan fingerprint density at radius 1 is 1.47 bits per heavy atom. The molecule has 94 valence electrons. The van der Waals surface area contributed by atoms with Crippen LogP contribution in [0.15, 0.2) is 18.2 Å². The Morgan fingerprint density at radius 2 is 2.24 bits per heavy atom. The average molecular weight is 274 g/mol. The van der Waals surface area contributed by atoms with Gasteiger partial charge in [-0.3, -0.25) is 0 Å². The van der Waals surface area contributed by atoms with Gasteiger partial charge in [-0.25, -0.2) is 4.39 Å². The molecule has 1 aromatic carbocycles. The summed E-state index contributed by atoms with van der Waals surface area (Å²) >= 11 is 7.92. The van der Waals surface area contributed by atoms with Gasteiger partial charge in [0, 0.05) is 11.8 Å². The van der Waals surface area contributed by atoms with E-state index in [1.54, 1.807) is 12.1 Å². The van der Waals surface area contributed by atoms with E-state index in [4.69, 9.17) is 11.6 Å². The minimum absolute atomic E-state index is 0.272. The Balaban J connectivity index is 2.10. The first kappa shape index (κ1) is 13.0. The molecule has 1 unspecified atom stereocenters. The molecule has 1 aliphatic rings. The van der Waals surface area contributed by atoms with E-state index >= 15 is 0 Å². The molecule has 1 saturated heterocycles. The molecule has 0 bridgehead atoms. The van der Waals surface area contributed by atoms with Crippen LogP contribution in [0.5, 0.6) is 0 Å². The molecule has 0 spiro atoms. The summed E-state index contributed by atoms with van der Waals surface area (Å²) in [7, 11) is 0. The molecule has 0 amide bonds. The normalized spacial score (nSPS) is 23.4. The van der Waals surface area contributed by atoms with E-state index in [-0.39, 0.29) is 11.9 Å². The summed E-state index contributed by atoms with van der Waals surface area (Å²) < 4.78 is 13.6. The Morgan fingerprint density at radius 3 is 2.88 bits per heavy atom. The molecule has 17 heavy (non-hydrogen) atoms. The summed E-state index contributed by atoms with van der Waals surface area (Å²) in [5, 5.41) is 3.70. The number of nitrogens with one attached hydrogen (secondary N) is 1. The number of hydrogen-bond acceptors (Lipinski definition) is 2. The third-order valence-corrected chi connectivity index (χ3v) is 4.86. The molecule has 0 aromatic heterocycles. The van der Waals surface area contributed by atoms with Crippen LogP contribution in [0.1, 0.15) is 20.3 Å². The van der Waals surface area contributed by atoms with E-state index in [1.165, 1.54) is 6.07 Å². The zero-order valence-corrected chi connectivity index (χ0v) is 11.7. The predicted molar refractivity (Wildman–Crippen MR) is 74.5 cm³/mol. The second-order valence-electron chi connectivity index (χ2n) is 5.32. The summed E-state index contributed by atoms with van der Waals surface area (Å²) in [5.41, 5.74) is 0.746. The largest absolute Gasteiger partial charge is 0.378 e. The zero-order chi connectivity index (χ0) is 12.5. The number of benzene rings is 1. The van der Waals surface area contributed by atoms with E-state index < -0.39 is 0 Å². The van der Waals surface area contributed by atoms with Crippen LogP contribution in [0.3, 0.4) is 0 Å². The standard InChI is InChI=1S/C13H17ClFNS/c1-13(2)6-9(7-17-8-13)16-12-10(14)4-3-5-11(12)15/h3-5,9,16H,6-8H2,1-2H3. The lowest BCUT2D eigenvalue weighted by Gasteiger charge is -2.35. The maximum atomic E-state index is 13.6. The van der Waals surface area contributed by atoms with Gasteiger partial charge < -0.3 is 5.32 Å². The number of hydrogen-bond donors (Lipinski definition) is 1. The van der Waals surface area contributed by atoms with Gasteiger partial charge in [-0.1, -0.05) is 31.5 Å². The van der Waals surface area contributed by atoms with E-state index in [0.717, 1.165) is 17.9 Å². The first-order chi connectivity index (χ1) is 7.98. The van der Waals surface area contributed by atoms with Gasteiger partial charge in [0.2, 0.25) is 0 Å². The van der Waals surface area contributed by atoms with Crippen molar-refractivity contribution in [2.24, 2.45) is 5.41 Å². The highest BCUT2D eigenvalue weighted by molar-refractivity contribution is 7.99. The highest BCUT2D eigenvalue weighted by atomic mass is 35.5. The van der Waals surface area contributed by atoms with Crippen LogP contribution in [0.4, 0.5) is 10.1 Å². The summed E-state index contributed by atoms with van der Waals surface area (Å²) in [6.07, 6.45) is 1.05. The quantitative estimate of drug-likeness (QED) is 0.856. The molecule has 1 heterocycles. The van der Waals surface area contributed by atoms with Gasteiger partial charge in [-0.2, -0.15) is 11.8 Å². The van der Waals surface area contributed by atoms with E-state index in [2.05, 4.69) is 19.2 Å². The maximum absolute atomic E-state index is 13.6. The van der Waals surface area contributed by atoms with Crippen molar-refractivity contribution in [3.8, 4) is 0 Å². The highest BCUT2D eigenvalue weighted by Crippen LogP contribution is 2.36. The van der Waals surface area contributed by atoms with Gasteiger partial charge >= 0.3 is 0 Å². The molecule has 0 saturated carbocycles. The van der Waals surface area contributed by atoms with Crippen molar-refractivity contribution in [2.75, 3.05) is 16.8 Å². The fourth-order valence-corrected chi connectivity index (χ4v) is 3.69. The molecule has 1 nitrogen and oxygen atoms in total. The highest BCUT2D eigenvalue weighted by Gasteiger charge is 2.29. The smallest absolute Gasteiger partial charge is 0.147 e. The molecule has 1 aliphatic heterocycles. The molecular formula is C13H17ClFNS. The summed E-state index contributed by atoms with van der Waals surface area (Å²) in [5.74, 6) is 1.90. The summed E-state index contributed by atoms with van der Waals surface area (Å²) in [6, 6.07) is 5.07. The fourth-order valence-electron chi connectivity index (χ4n) is 2.19. The van der Waals surface area contributed by atoms with Crippen molar-refractivity contribution >= 4 is 29.1 Å². The number of halogens is 2. The fraction of sp³-hybridized carbons (Fsp3) is 0.538. The first-order valence-corrected chi connectivity index (χ1v) is 7.29. The first-order valence-electron chi connectivity index (χ1n) is 5.76. The minimum Gasteiger partial charge on any atom is -0.378 e. The minimum atomic E-state index is -0.272. The predicted octanol–water partition coefficient (Wildman–Crippen LogP) is 4.42. The lowest BCUT2D eigenvalue weighted by molar-refractivity contribution is 0.357. The molecule has 4 heteroatoms. The number of para-hydroxylation sites is 1. The molecule has 1 atom stereocenters. The number of anilines is 1. The SMILES string of the molecule is CC1(C)CSCC(Nc2c(F)cccc2Cl)C1. The van der Waals surface area contributed by atoms with E-state index in [1.807, 2.05) is 11.8 Å². The third kappa shape index (κ3) is 3.29. The van der Waals surface area contributed by atoms with Crippen LogP contribution in [0.2, 0.25) is 5.02 Å². The van der Waals surface area contributed by atoms with Crippen LogP contribution in [0, 0.1) is 11.2 Å². The van der Waals surface area contributed by atoms with Crippen molar-refractivity contribution in [3.63, 3.8) is 0 Å². The average Bonchev–Trinajstić information content (AvgIpc) is 2.22. The Hall–Kier alpha value is -0.410. The number of thioether (sulfide) groups is 1. The van der Waals surface area contributed by atoms with E-state index in [0.29, 0.717) is 16.1 Å². The van der Waals surface area contributed by atoms with Crippen LogP contribution in [0.25, 0.3) is 0 Å². The topological polar surface area (TPSA) is 12.0 Å². The van der Waals surface area contributed by atoms with Crippen molar-refractivity contribution in [1.82, 2.24) is 0 Å². The van der Waals surface area contributed by atoms with Gasteiger partial charge in [0.15, 0.2) is 0 Å². The molecule has 1 aromatic rings. The monoisotopic (exact) mass is 273 g/mol. The lowest BCUT2D eigenvalue weighted by Crippen LogP contribution is -2.35. The zero-order valence-electron chi connectivity index (χ0n) is 10.1. The van der Waals surface area contributed by atoms with Crippen LogP contribution >= 0.6 is 23.4 Å². The summed E-state index contributed by atoms with van der Waals surface area (Å²) in [6.45, 7) is 4.49. The van der Waals surface area contributed by atoms with Gasteiger partial charge in [0.1, 0.15) is 5.82 Å². The van der Waals surface area contributed by atoms with Gasteiger partial charge in [0.25, 0.3) is 0 Å². The van der Waals surface area contributed by atoms with E-state index in [9.17, 15) is 4.39 Å². The van der Waals surface area contributed by atoms with Crippen LogP contribution in [-0.4, -0.2) is 17.5 Å². The van der Waals surface area contributed by atoms with Crippen molar-refractivity contribution in [1.29, 1.82) is 0 Å². The Labute approximate surface area is 111 Å². The molecule has 2 rings (SSSR count). The lowest BCUT2D eigenvalue weighted by atomic mass is 9.88. The second kappa shape index (κ2) is 5.07. The van der Waals surface area contributed by atoms with Gasteiger partial charge in [-0.15, -0.1) is 0 Å². The van der Waals surface area contributed by atoms with Gasteiger partial charge in [0.05, 0.1) is 10.7 Å². The van der Waals surface area contributed by atoms with Crippen LogP contribution in [-0.2, 0) is 0 Å². The maximum Gasteiger partial charge on any atom is 0.147 e. The second-order valence-corrected chi connectivity index (χ2v) is 6.76. The van der Waals surface area contributed by atoms with Crippen molar-refractivity contribution in [3.05, 3.63) is 29.0 Å². The van der Waals surface area contributed by atoms with Crippen LogP contribution < -0.4 is 5.32 Å². The number of rotatable bonds is 2. The molecule has 1 N–H and O–H groups in total. The Bertz CT molecular complexity index is 388. The molecule has 0 aliphatic carbocycles.